The van der Waals surface area contributed by atoms with E-state index in [9.17, 15) is 8.42 Å². The fraction of sp³-hybridized carbons (Fsp3) is 0.400. The van der Waals surface area contributed by atoms with Crippen molar-refractivity contribution < 1.29 is 17.9 Å². The highest BCUT2D eigenvalue weighted by Gasteiger charge is 2.27. The normalized spacial score (nSPS) is 14.2. The van der Waals surface area contributed by atoms with E-state index in [0.29, 0.717) is 11.5 Å². The molecule has 0 saturated heterocycles. The van der Waals surface area contributed by atoms with Gasteiger partial charge in [-0.1, -0.05) is 18.2 Å². The van der Waals surface area contributed by atoms with Gasteiger partial charge in [0.15, 0.2) is 0 Å². The van der Waals surface area contributed by atoms with Crippen molar-refractivity contribution >= 4 is 10.0 Å². The molecule has 0 spiro atoms. The van der Waals surface area contributed by atoms with Crippen molar-refractivity contribution in [2.45, 2.75) is 37.1 Å². The van der Waals surface area contributed by atoms with Gasteiger partial charge in [0, 0.05) is 19.2 Å². The number of aryl methyl sites for hydroxylation is 2. The van der Waals surface area contributed by atoms with Gasteiger partial charge in [-0.15, -0.1) is 0 Å². The van der Waals surface area contributed by atoms with Gasteiger partial charge in [-0.2, -0.15) is 4.31 Å². The Bertz CT molecular complexity index is 893. The molecule has 1 aliphatic carbocycles. The summed E-state index contributed by atoms with van der Waals surface area (Å²) in [5.74, 6) is 1.09. The maximum Gasteiger partial charge on any atom is 0.246 e. The zero-order valence-electron chi connectivity index (χ0n) is 15.5. The van der Waals surface area contributed by atoms with E-state index in [2.05, 4.69) is 0 Å². The van der Waals surface area contributed by atoms with E-state index in [4.69, 9.17) is 9.47 Å². The SMILES string of the molecule is COc1ccccc1CN(C)S(=O)(=O)c1cc2c(cc1OC)CCCC2. The van der Waals surface area contributed by atoms with Crippen LogP contribution in [0.4, 0.5) is 0 Å². The van der Waals surface area contributed by atoms with Gasteiger partial charge in [0.25, 0.3) is 0 Å². The van der Waals surface area contributed by atoms with E-state index in [1.165, 1.54) is 17.0 Å². The third-order valence-electron chi connectivity index (χ3n) is 4.90. The molecule has 0 radical (unpaired) electrons. The van der Waals surface area contributed by atoms with Crippen LogP contribution in [0.2, 0.25) is 0 Å². The molecule has 3 rings (SSSR count). The lowest BCUT2D eigenvalue weighted by molar-refractivity contribution is 0.390. The van der Waals surface area contributed by atoms with Crippen molar-refractivity contribution in [1.29, 1.82) is 0 Å². The number of sulfonamides is 1. The summed E-state index contributed by atoms with van der Waals surface area (Å²) in [5, 5.41) is 0. The van der Waals surface area contributed by atoms with Crippen LogP contribution in [-0.4, -0.2) is 34.0 Å². The number of hydrogen-bond donors (Lipinski definition) is 0. The lowest BCUT2D eigenvalue weighted by Crippen LogP contribution is -2.27. The Morgan fingerprint density at radius 3 is 2.23 bits per heavy atom. The molecule has 0 bridgehead atoms. The van der Waals surface area contributed by atoms with Gasteiger partial charge < -0.3 is 9.47 Å². The van der Waals surface area contributed by atoms with Crippen molar-refractivity contribution in [3.8, 4) is 11.5 Å². The summed E-state index contributed by atoms with van der Waals surface area (Å²) in [7, 11) is 0.999. The molecule has 0 heterocycles. The summed E-state index contributed by atoms with van der Waals surface area (Å²) in [6.07, 6.45) is 4.12. The monoisotopic (exact) mass is 375 g/mol. The zero-order chi connectivity index (χ0) is 18.7. The number of para-hydroxylation sites is 1. The van der Waals surface area contributed by atoms with E-state index in [1.54, 1.807) is 20.2 Å². The highest BCUT2D eigenvalue weighted by atomic mass is 32.2. The first-order chi connectivity index (χ1) is 12.5. The summed E-state index contributed by atoms with van der Waals surface area (Å²) < 4.78 is 38.5. The lowest BCUT2D eigenvalue weighted by Gasteiger charge is -2.23. The standard InChI is InChI=1S/C20H25NO4S/c1-21(14-17-10-6-7-11-18(17)24-2)26(22,23)20-13-16-9-5-4-8-15(16)12-19(20)25-3/h6-7,10-13H,4-5,8-9,14H2,1-3H3. The van der Waals surface area contributed by atoms with Crippen LogP contribution in [0.25, 0.3) is 0 Å². The molecular formula is C20H25NO4S. The topological polar surface area (TPSA) is 55.8 Å². The average molecular weight is 375 g/mol. The van der Waals surface area contributed by atoms with E-state index in [-0.39, 0.29) is 11.4 Å². The number of ether oxygens (including phenoxy) is 2. The fourth-order valence-electron chi connectivity index (χ4n) is 3.43. The van der Waals surface area contributed by atoms with E-state index in [0.717, 1.165) is 36.8 Å². The van der Waals surface area contributed by atoms with Gasteiger partial charge in [-0.05, 0) is 55.0 Å². The molecule has 0 amide bonds. The minimum Gasteiger partial charge on any atom is -0.496 e. The van der Waals surface area contributed by atoms with Gasteiger partial charge >= 0.3 is 0 Å². The highest BCUT2D eigenvalue weighted by Crippen LogP contribution is 2.34. The molecule has 0 fully saturated rings. The number of methoxy groups -OCH3 is 2. The second-order valence-corrected chi connectivity index (χ2v) is 8.57. The number of fused-ring (bicyclic) bond motifs is 1. The minimum atomic E-state index is -3.69. The van der Waals surface area contributed by atoms with Crippen LogP contribution in [0.3, 0.4) is 0 Å². The Kier molecular flexibility index (Phi) is 5.53. The smallest absolute Gasteiger partial charge is 0.246 e. The third-order valence-corrected chi connectivity index (χ3v) is 6.73. The van der Waals surface area contributed by atoms with Crippen LogP contribution in [0.15, 0.2) is 41.3 Å². The first-order valence-corrected chi connectivity index (χ1v) is 10.2. The van der Waals surface area contributed by atoms with E-state index < -0.39 is 10.0 Å². The van der Waals surface area contributed by atoms with E-state index >= 15 is 0 Å². The van der Waals surface area contributed by atoms with Crippen molar-refractivity contribution in [1.82, 2.24) is 4.31 Å². The molecule has 0 atom stereocenters. The zero-order valence-corrected chi connectivity index (χ0v) is 16.3. The quantitative estimate of drug-likeness (QED) is 0.776. The summed E-state index contributed by atoms with van der Waals surface area (Å²) in [5.41, 5.74) is 3.12. The average Bonchev–Trinajstić information content (AvgIpc) is 2.67. The van der Waals surface area contributed by atoms with Crippen molar-refractivity contribution in [2.24, 2.45) is 0 Å². The number of nitrogens with zero attached hydrogens (tertiary/aromatic N) is 1. The van der Waals surface area contributed by atoms with Gasteiger partial charge in [0.05, 0.1) is 14.2 Å². The molecule has 0 unspecified atom stereocenters. The molecule has 26 heavy (non-hydrogen) atoms. The molecule has 5 nitrogen and oxygen atoms in total. The molecule has 0 N–H and O–H groups in total. The maximum atomic E-state index is 13.2. The number of benzene rings is 2. The van der Waals surface area contributed by atoms with E-state index in [1.807, 2.05) is 30.3 Å². The number of rotatable bonds is 6. The second-order valence-electron chi connectivity index (χ2n) is 6.55. The molecule has 2 aromatic rings. The Hall–Kier alpha value is -2.05. The summed E-state index contributed by atoms with van der Waals surface area (Å²) in [4.78, 5) is 0.234. The maximum absolute atomic E-state index is 13.2. The van der Waals surface area contributed by atoms with Crippen LogP contribution >= 0.6 is 0 Å². The largest absolute Gasteiger partial charge is 0.496 e. The Morgan fingerprint density at radius 1 is 0.962 bits per heavy atom. The van der Waals surface area contributed by atoms with Gasteiger partial charge in [0.2, 0.25) is 10.0 Å². The molecule has 1 aliphatic rings. The van der Waals surface area contributed by atoms with Crippen LogP contribution in [0.5, 0.6) is 11.5 Å². The second kappa shape index (κ2) is 7.68. The van der Waals surface area contributed by atoms with Crippen molar-refractivity contribution in [2.75, 3.05) is 21.3 Å². The molecule has 0 aromatic heterocycles. The van der Waals surface area contributed by atoms with Crippen LogP contribution < -0.4 is 9.47 Å². The van der Waals surface area contributed by atoms with Crippen LogP contribution in [-0.2, 0) is 29.4 Å². The lowest BCUT2D eigenvalue weighted by atomic mass is 9.92. The van der Waals surface area contributed by atoms with Gasteiger partial charge in [0.1, 0.15) is 16.4 Å². The molecular weight excluding hydrogens is 350 g/mol. The van der Waals surface area contributed by atoms with Crippen molar-refractivity contribution in [3.05, 3.63) is 53.1 Å². The molecule has 0 aliphatic heterocycles. The summed E-state index contributed by atoms with van der Waals surface area (Å²) in [6.45, 7) is 0.229. The highest BCUT2D eigenvalue weighted by molar-refractivity contribution is 7.89. The molecule has 140 valence electrons. The molecule has 2 aromatic carbocycles. The Labute approximate surface area is 155 Å². The van der Waals surface area contributed by atoms with Gasteiger partial charge in [-0.25, -0.2) is 8.42 Å². The Morgan fingerprint density at radius 2 is 1.58 bits per heavy atom. The summed E-state index contributed by atoms with van der Waals surface area (Å²) in [6, 6.07) is 11.1. The molecule has 0 saturated carbocycles. The number of hydrogen-bond acceptors (Lipinski definition) is 4. The Balaban J connectivity index is 1.96. The first kappa shape index (κ1) is 18.7. The van der Waals surface area contributed by atoms with Crippen LogP contribution in [0.1, 0.15) is 29.5 Å². The fourth-order valence-corrected chi connectivity index (χ4v) is 4.76. The van der Waals surface area contributed by atoms with Crippen molar-refractivity contribution in [3.63, 3.8) is 0 Å². The van der Waals surface area contributed by atoms with Crippen LogP contribution in [0, 0.1) is 0 Å². The third kappa shape index (κ3) is 3.57. The molecule has 6 heteroatoms. The predicted molar refractivity (Wildman–Crippen MR) is 101 cm³/mol. The predicted octanol–water partition coefficient (Wildman–Crippen LogP) is 3.40. The minimum absolute atomic E-state index is 0.229. The summed E-state index contributed by atoms with van der Waals surface area (Å²) >= 11 is 0. The first-order valence-electron chi connectivity index (χ1n) is 8.75. The van der Waals surface area contributed by atoms with Gasteiger partial charge in [-0.3, -0.25) is 0 Å².